The minimum Gasteiger partial charge on any atom is -0.338 e. The van der Waals surface area contributed by atoms with Gasteiger partial charge in [-0.2, -0.15) is 0 Å². The van der Waals surface area contributed by atoms with E-state index in [9.17, 15) is 13.6 Å². The summed E-state index contributed by atoms with van der Waals surface area (Å²) in [6, 6.07) is 2.82. The van der Waals surface area contributed by atoms with Crippen LogP contribution in [0.15, 0.2) is 18.2 Å². The van der Waals surface area contributed by atoms with E-state index in [1.807, 2.05) is 13.8 Å². The van der Waals surface area contributed by atoms with Crippen molar-refractivity contribution in [2.75, 3.05) is 11.9 Å². The summed E-state index contributed by atoms with van der Waals surface area (Å²) in [7, 11) is 0. The number of nitrogens with one attached hydrogen (secondary N) is 2. The first-order chi connectivity index (χ1) is 8.00. The minimum atomic E-state index is -0.788. The van der Waals surface area contributed by atoms with E-state index in [-0.39, 0.29) is 0 Å². The molecule has 1 rings (SSSR count). The Bertz CT molecular complexity index is 374. The van der Waals surface area contributed by atoms with E-state index >= 15 is 0 Å². The third kappa shape index (κ3) is 4.38. The topological polar surface area (TPSA) is 41.1 Å². The molecule has 0 aliphatic carbocycles. The molecule has 17 heavy (non-hydrogen) atoms. The fourth-order valence-electron chi connectivity index (χ4n) is 1.25. The maximum absolute atomic E-state index is 13.2. The number of amides is 2. The van der Waals surface area contributed by atoms with Crippen LogP contribution in [0.5, 0.6) is 0 Å². The lowest BCUT2D eigenvalue weighted by Crippen LogP contribution is -2.30. The fourth-order valence-corrected chi connectivity index (χ4v) is 1.25. The molecule has 0 radical (unpaired) electrons. The van der Waals surface area contributed by atoms with Crippen LogP contribution in [0.25, 0.3) is 0 Å². The minimum absolute atomic E-state index is 0.422. The lowest BCUT2D eigenvalue weighted by molar-refractivity contribution is 0.251. The maximum atomic E-state index is 13.2. The molecule has 1 aromatic rings. The van der Waals surface area contributed by atoms with Gasteiger partial charge in [0.15, 0.2) is 0 Å². The van der Waals surface area contributed by atoms with E-state index < -0.39 is 23.4 Å². The molecule has 2 amide bonds. The van der Waals surface area contributed by atoms with Crippen LogP contribution in [-0.4, -0.2) is 12.6 Å². The predicted octanol–water partition coefficient (Wildman–Crippen LogP) is 3.13. The number of carbonyl (C=O) groups excluding carboxylic acids is 1. The molecule has 94 valence electrons. The second-order valence-electron chi connectivity index (χ2n) is 4.16. The Morgan fingerprint density at radius 1 is 1.29 bits per heavy atom. The molecular formula is C12H16F2N2O. The highest BCUT2D eigenvalue weighted by molar-refractivity contribution is 5.89. The highest BCUT2D eigenvalue weighted by atomic mass is 19.1. The van der Waals surface area contributed by atoms with Gasteiger partial charge in [0.2, 0.25) is 0 Å². The summed E-state index contributed by atoms with van der Waals surface area (Å²) in [5.41, 5.74) is -0.422. The molecule has 0 aliphatic rings. The number of hydrogen-bond acceptors (Lipinski definition) is 1. The number of halogens is 2. The van der Waals surface area contributed by atoms with Crippen LogP contribution in [0.2, 0.25) is 0 Å². The summed E-state index contributed by atoms with van der Waals surface area (Å²) in [6.45, 7) is 4.52. The molecule has 0 fully saturated rings. The number of benzene rings is 1. The van der Waals surface area contributed by atoms with Crippen molar-refractivity contribution < 1.29 is 13.6 Å². The Kier molecular flexibility index (Phi) is 4.87. The number of rotatable bonds is 4. The van der Waals surface area contributed by atoms with E-state index in [1.165, 1.54) is 6.07 Å². The highest BCUT2D eigenvalue weighted by Crippen LogP contribution is 2.17. The van der Waals surface area contributed by atoms with Gasteiger partial charge in [-0.3, -0.25) is 0 Å². The first-order valence-electron chi connectivity index (χ1n) is 5.49. The van der Waals surface area contributed by atoms with Crippen molar-refractivity contribution in [1.29, 1.82) is 0 Å². The summed E-state index contributed by atoms with van der Waals surface area (Å²) in [4.78, 5) is 11.3. The second-order valence-corrected chi connectivity index (χ2v) is 4.16. The zero-order valence-corrected chi connectivity index (χ0v) is 9.89. The highest BCUT2D eigenvalue weighted by Gasteiger charge is 2.11. The van der Waals surface area contributed by atoms with E-state index in [0.717, 1.165) is 18.6 Å². The van der Waals surface area contributed by atoms with Crippen LogP contribution in [0.1, 0.15) is 20.3 Å². The number of carbonyl (C=O) groups is 1. The Morgan fingerprint density at radius 2 is 1.88 bits per heavy atom. The van der Waals surface area contributed by atoms with Crippen molar-refractivity contribution >= 4 is 11.7 Å². The Labute approximate surface area is 99.2 Å². The van der Waals surface area contributed by atoms with E-state index in [2.05, 4.69) is 10.6 Å². The molecule has 0 bridgehead atoms. The normalized spacial score (nSPS) is 10.4. The van der Waals surface area contributed by atoms with Crippen LogP contribution >= 0.6 is 0 Å². The van der Waals surface area contributed by atoms with Crippen molar-refractivity contribution in [3.8, 4) is 0 Å². The number of hydrogen-bond donors (Lipinski definition) is 2. The van der Waals surface area contributed by atoms with Crippen LogP contribution < -0.4 is 10.6 Å². The average Bonchev–Trinajstić information content (AvgIpc) is 2.23. The third-order valence-electron chi connectivity index (χ3n) is 2.21. The standard InChI is InChI=1S/C12H16F2N2O/c1-8(2)6-7-15-12(17)16-11-9(13)4-3-5-10(11)14/h3-5,8H,6-7H2,1-2H3,(H2,15,16,17). The molecule has 0 aliphatic heterocycles. The SMILES string of the molecule is CC(C)CCNC(=O)Nc1c(F)cccc1F. The molecule has 0 atom stereocenters. The predicted molar refractivity (Wildman–Crippen MR) is 62.8 cm³/mol. The van der Waals surface area contributed by atoms with Crippen molar-refractivity contribution in [2.24, 2.45) is 5.92 Å². The first-order valence-corrected chi connectivity index (χ1v) is 5.49. The van der Waals surface area contributed by atoms with Gasteiger partial charge in [-0.25, -0.2) is 13.6 Å². The van der Waals surface area contributed by atoms with Crippen molar-refractivity contribution in [1.82, 2.24) is 5.32 Å². The van der Waals surface area contributed by atoms with Gasteiger partial charge in [-0.05, 0) is 24.5 Å². The molecule has 0 unspecified atom stereocenters. The number of anilines is 1. The number of urea groups is 1. The smallest absolute Gasteiger partial charge is 0.319 e. The molecule has 0 saturated carbocycles. The van der Waals surface area contributed by atoms with Crippen LogP contribution in [0.4, 0.5) is 19.3 Å². The molecule has 5 heteroatoms. The molecule has 0 aromatic heterocycles. The average molecular weight is 242 g/mol. The summed E-state index contributed by atoms with van der Waals surface area (Å²) >= 11 is 0. The van der Waals surface area contributed by atoms with Gasteiger partial charge in [0.25, 0.3) is 0 Å². The second kappa shape index (κ2) is 6.18. The third-order valence-corrected chi connectivity index (χ3v) is 2.21. The monoisotopic (exact) mass is 242 g/mol. The lowest BCUT2D eigenvalue weighted by atomic mass is 10.1. The zero-order valence-electron chi connectivity index (χ0n) is 9.89. The molecule has 0 saturated heterocycles. The summed E-state index contributed by atoms with van der Waals surface area (Å²) in [5.74, 6) is -1.12. The van der Waals surface area contributed by atoms with Gasteiger partial charge in [-0.1, -0.05) is 19.9 Å². The van der Waals surface area contributed by atoms with Crippen LogP contribution in [0.3, 0.4) is 0 Å². The van der Waals surface area contributed by atoms with Crippen molar-refractivity contribution in [3.05, 3.63) is 29.8 Å². The Balaban J connectivity index is 2.51. The van der Waals surface area contributed by atoms with Crippen LogP contribution in [-0.2, 0) is 0 Å². The van der Waals surface area contributed by atoms with E-state index in [0.29, 0.717) is 12.5 Å². The number of para-hydroxylation sites is 1. The van der Waals surface area contributed by atoms with E-state index in [4.69, 9.17) is 0 Å². The first kappa shape index (κ1) is 13.4. The molecule has 0 heterocycles. The summed E-state index contributed by atoms with van der Waals surface area (Å²) in [6.07, 6.45) is 0.813. The van der Waals surface area contributed by atoms with Gasteiger partial charge < -0.3 is 10.6 Å². The molecule has 2 N–H and O–H groups in total. The summed E-state index contributed by atoms with van der Waals surface area (Å²) < 4.78 is 26.4. The largest absolute Gasteiger partial charge is 0.338 e. The fraction of sp³-hybridized carbons (Fsp3) is 0.417. The van der Waals surface area contributed by atoms with Gasteiger partial charge in [-0.15, -0.1) is 0 Å². The molecule has 0 spiro atoms. The Hall–Kier alpha value is -1.65. The van der Waals surface area contributed by atoms with E-state index in [1.54, 1.807) is 0 Å². The quantitative estimate of drug-likeness (QED) is 0.836. The van der Waals surface area contributed by atoms with Gasteiger partial charge in [0.1, 0.15) is 17.3 Å². The van der Waals surface area contributed by atoms with Crippen LogP contribution in [0, 0.1) is 17.6 Å². The lowest BCUT2D eigenvalue weighted by Gasteiger charge is -2.10. The van der Waals surface area contributed by atoms with Gasteiger partial charge >= 0.3 is 6.03 Å². The van der Waals surface area contributed by atoms with Crippen molar-refractivity contribution in [3.63, 3.8) is 0 Å². The maximum Gasteiger partial charge on any atom is 0.319 e. The molecular weight excluding hydrogens is 226 g/mol. The van der Waals surface area contributed by atoms with Crippen molar-refractivity contribution in [2.45, 2.75) is 20.3 Å². The molecule has 3 nitrogen and oxygen atoms in total. The zero-order chi connectivity index (χ0) is 12.8. The molecule has 1 aromatic carbocycles. The van der Waals surface area contributed by atoms with Gasteiger partial charge in [0.05, 0.1) is 0 Å². The summed E-state index contributed by atoms with van der Waals surface area (Å²) in [5, 5.41) is 4.69. The van der Waals surface area contributed by atoms with Gasteiger partial charge in [0, 0.05) is 6.54 Å². The Morgan fingerprint density at radius 3 is 2.41 bits per heavy atom.